The summed E-state index contributed by atoms with van der Waals surface area (Å²) in [4.78, 5) is 0.355. The predicted octanol–water partition coefficient (Wildman–Crippen LogP) is 2.30. The molecule has 0 spiro atoms. The number of rotatable bonds is 6. The lowest BCUT2D eigenvalue weighted by Gasteiger charge is -2.20. The normalized spacial score (nSPS) is 11.9. The van der Waals surface area contributed by atoms with Crippen LogP contribution in [0.5, 0.6) is 0 Å². The average Bonchev–Trinajstić information content (AvgIpc) is 2.30. The standard InChI is InChI=1S/C12H18NO2S/c1-3-10-13(11-4-2)16(14,15)12-8-6-5-7-9-12/h6-9H,3-4,10-11H2,1-2H3. The van der Waals surface area contributed by atoms with Crippen LogP contribution in [0.1, 0.15) is 26.7 Å². The second kappa shape index (κ2) is 6.01. The van der Waals surface area contributed by atoms with E-state index < -0.39 is 10.0 Å². The van der Waals surface area contributed by atoms with Crippen LogP contribution in [0.2, 0.25) is 0 Å². The van der Waals surface area contributed by atoms with Gasteiger partial charge in [-0.2, -0.15) is 4.31 Å². The Morgan fingerprint density at radius 1 is 1.12 bits per heavy atom. The van der Waals surface area contributed by atoms with Gasteiger partial charge in [-0.25, -0.2) is 8.42 Å². The van der Waals surface area contributed by atoms with Crippen LogP contribution in [0.15, 0.2) is 29.2 Å². The summed E-state index contributed by atoms with van der Waals surface area (Å²) in [6.07, 6.45) is 1.66. The molecular formula is C12H18NO2S. The Morgan fingerprint density at radius 3 is 2.06 bits per heavy atom. The molecule has 0 unspecified atom stereocenters. The van der Waals surface area contributed by atoms with Crippen molar-refractivity contribution < 1.29 is 8.42 Å². The minimum absolute atomic E-state index is 0.355. The lowest BCUT2D eigenvalue weighted by molar-refractivity contribution is 0.410. The molecule has 0 aliphatic heterocycles. The summed E-state index contributed by atoms with van der Waals surface area (Å²) >= 11 is 0. The molecule has 1 radical (unpaired) electrons. The van der Waals surface area contributed by atoms with Gasteiger partial charge in [0.1, 0.15) is 0 Å². The molecule has 0 aliphatic rings. The van der Waals surface area contributed by atoms with E-state index in [2.05, 4.69) is 6.07 Å². The van der Waals surface area contributed by atoms with Gasteiger partial charge in [0.15, 0.2) is 0 Å². The summed E-state index contributed by atoms with van der Waals surface area (Å²) in [5.74, 6) is 0. The van der Waals surface area contributed by atoms with Crippen LogP contribution in [-0.2, 0) is 10.0 Å². The molecule has 1 aromatic carbocycles. The van der Waals surface area contributed by atoms with Crippen molar-refractivity contribution in [1.29, 1.82) is 0 Å². The molecule has 0 aromatic heterocycles. The second-order valence-electron chi connectivity index (χ2n) is 3.64. The molecule has 1 aromatic rings. The smallest absolute Gasteiger partial charge is 0.207 e. The zero-order chi connectivity index (χ0) is 12.0. The highest BCUT2D eigenvalue weighted by Crippen LogP contribution is 2.15. The molecule has 0 saturated carbocycles. The van der Waals surface area contributed by atoms with E-state index in [1.165, 1.54) is 0 Å². The number of hydrogen-bond donors (Lipinski definition) is 0. The molecule has 0 fully saturated rings. The van der Waals surface area contributed by atoms with Gasteiger partial charge in [0.2, 0.25) is 10.0 Å². The Bertz CT molecular complexity index is 394. The summed E-state index contributed by atoms with van der Waals surface area (Å²) in [5, 5.41) is 0. The maximum atomic E-state index is 12.2. The fraction of sp³-hybridized carbons (Fsp3) is 0.500. The molecule has 0 aliphatic carbocycles. The number of nitrogens with zero attached hydrogens (tertiary/aromatic N) is 1. The van der Waals surface area contributed by atoms with Crippen LogP contribution in [-0.4, -0.2) is 25.8 Å². The molecule has 89 valence electrons. The maximum absolute atomic E-state index is 12.2. The van der Waals surface area contributed by atoms with Crippen molar-refractivity contribution in [2.45, 2.75) is 31.6 Å². The van der Waals surface area contributed by atoms with Gasteiger partial charge in [-0.05, 0) is 31.0 Å². The Hall–Kier alpha value is -0.870. The third-order valence-corrected chi connectivity index (χ3v) is 4.18. The molecule has 0 heterocycles. The van der Waals surface area contributed by atoms with Crippen molar-refractivity contribution in [2.24, 2.45) is 0 Å². The summed E-state index contributed by atoms with van der Waals surface area (Å²) < 4.78 is 26.0. The van der Waals surface area contributed by atoms with Crippen LogP contribution < -0.4 is 0 Å². The summed E-state index contributed by atoms with van der Waals surface area (Å²) in [6.45, 7) is 5.12. The van der Waals surface area contributed by atoms with Crippen LogP contribution in [0.4, 0.5) is 0 Å². The number of sulfonamides is 1. The van der Waals surface area contributed by atoms with Gasteiger partial charge in [-0.3, -0.25) is 0 Å². The summed E-state index contributed by atoms with van der Waals surface area (Å²) in [6, 6.07) is 9.26. The zero-order valence-electron chi connectivity index (χ0n) is 9.81. The fourth-order valence-corrected chi connectivity index (χ4v) is 3.17. The molecule has 16 heavy (non-hydrogen) atoms. The lowest BCUT2D eigenvalue weighted by atomic mass is 10.4. The SMILES string of the molecule is CCCN(CCC)S(=O)(=O)c1cc[c]cc1. The van der Waals surface area contributed by atoms with E-state index in [1.807, 2.05) is 13.8 Å². The molecule has 0 N–H and O–H groups in total. The first kappa shape index (κ1) is 13.2. The minimum Gasteiger partial charge on any atom is -0.207 e. The van der Waals surface area contributed by atoms with E-state index >= 15 is 0 Å². The van der Waals surface area contributed by atoms with E-state index in [9.17, 15) is 8.42 Å². The van der Waals surface area contributed by atoms with Crippen LogP contribution >= 0.6 is 0 Å². The summed E-state index contributed by atoms with van der Waals surface area (Å²) in [7, 11) is -3.31. The van der Waals surface area contributed by atoms with Gasteiger partial charge < -0.3 is 0 Å². The monoisotopic (exact) mass is 240 g/mol. The van der Waals surface area contributed by atoms with Crippen molar-refractivity contribution >= 4 is 10.0 Å². The van der Waals surface area contributed by atoms with Gasteiger partial charge in [0, 0.05) is 13.1 Å². The molecular weight excluding hydrogens is 222 g/mol. The predicted molar refractivity (Wildman–Crippen MR) is 64.6 cm³/mol. The minimum atomic E-state index is -3.31. The van der Waals surface area contributed by atoms with Gasteiger partial charge >= 0.3 is 0 Å². The third-order valence-electron chi connectivity index (χ3n) is 2.27. The highest BCUT2D eigenvalue weighted by Gasteiger charge is 2.22. The van der Waals surface area contributed by atoms with Crippen molar-refractivity contribution in [2.75, 3.05) is 13.1 Å². The first-order chi connectivity index (χ1) is 7.62. The van der Waals surface area contributed by atoms with Crippen molar-refractivity contribution in [3.8, 4) is 0 Å². The van der Waals surface area contributed by atoms with Gasteiger partial charge in [0.25, 0.3) is 0 Å². The van der Waals surface area contributed by atoms with E-state index in [-0.39, 0.29) is 0 Å². The average molecular weight is 240 g/mol. The van der Waals surface area contributed by atoms with E-state index in [0.717, 1.165) is 12.8 Å². The first-order valence-electron chi connectivity index (χ1n) is 5.59. The Labute approximate surface area is 98.1 Å². The Kier molecular flexibility index (Phi) is 4.96. The quantitative estimate of drug-likeness (QED) is 0.765. The van der Waals surface area contributed by atoms with Crippen molar-refractivity contribution in [1.82, 2.24) is 4.31 Å². The molecule has 0 atom stereocenters. The molecule has 0 amide bonds. The second-order valence-corrected chi connectivity index (χ2v) is 5.58. The summed E-state index contributed by atoms with van der Waals surface area (Å²) in [5.41, 5.74) is 0. The molecule has 0 saturated heterocycles. The van der Waals surface area contributed by atoms with Crippen molar-refractivity contribution in [3.63, 3.8) is 0 Å². The third kappa shape index (κ3) is 3.06. The van der Waals surface area contributed by atoms with Crippen LogP contribution in [0, 0.1) is 6.07 Å². The number of benzene rings is 1. The lowest BCUT2D eigenvalue weighted by Crippen LogP contribution is -2.32. The van der Waals surface area contributed by atoms with E-state index in [0.29, 0.717) is 18.0 Å². The van der Waals surface area contributed by atoms with Crippen LogP contribution in [0.25, 0.3) is 0 Å². The molecule has 0 bridgehead atoms. The highest BCUT2D eigenvalue weighted by molar-refractivity contribution is 7.89. The van der Waals surface area contributed by atoms with Gasteiger partial charge in [-0.15, -0.1) is 0 Å². The maximum Gasteiger partial charge on any atom is 0.243 e. The Balaban J connectivity index is 2.98. The van der Waals surface area contributed by atoms with Crippen LogP contribution in [0.3, 0.4) is 0 Å². The highest BCUT2D eigenvalue weighted by atomic mass is 32.2. The molecule has 1 rings (SSSR count). The first-order valence-corrected chi connectivity index (χ1v) is 7.03. The largest absolute Gasteiger partial charge is 0.243 e. The molecule has 4 heteroatoms. The van der Waals surface area contributed by atoms with Crippen molar-refractivity contribution in [3.05, 3.63) is 30.3 Å². The fourth-order valence-electron chi connectivity index (χ4n) is 1.54. The number of hydrogen-bond acceptors (Lipinski definition) is 2. The van der Waals surface area contributed by atoms with E-state index in [1.54, 1.807) is 28.6 Å². The topological polar surface area (TPSA) is 37.4 Å². The molecule has 3 nitrogen and oxygen atoms in total. The van der Waals surface area contributed by atoms with E-state index in [4.69, 9.17) is 0 Å². The van der Waals surface area contributed by atoms with Gasteiger partial charge in [0.05, 0.1) is 4.90 Å². The van der Waals surface area contributed by atoms with Gasteiger partial charge in [-0.1, -0.05) is 26.0 Å². The Morgan fingerprint density at radius 2 is 1.62 bits per heavy atom. The zero-order valence-corrected chi connectivity index (χ0v) is 10.6.